The highest BCUT2D eigenvalue weighted by Gasteiger charge is 2.17. The van der Waals surface area contributed by atoms with Crippen LogP contribution in [-0.4, -0.2) is 32.2 Å². The van der Waals surface area contributed by atoms with E-state index in [1.54, 1.807) is 4.57 Å². The van der Waals surface area contributed by atoms with Crippen LogP contribution in [0.4, 0.5) is 0 Å². The minimum Gasteiger partial charge on any atom is -0.353 e. The molecule has 154 valence electrons. The zero-order chi connectivity index (χ0) is 21.0. The molecule has 0 fully saturated rings. The lowest BCUT2D eigenvalue weighted by atomic mass is 10.1. The number of fused-ring (bicyclic) bond motifs is 1. The molecule has 0 spiro atoms. The van der Waals surface area contributed by atoms with Crippen molar-refractivity contribution in [2.24, 2.45) is 0 Å². The molecule has 0 saturated heterocycles. The molecular formula is C22H28N4O2S. The summed E-state index contributed by atoms with van der Waals surface area (Å²) in [6.45, 7) is 7.81. The zero-order valence-electron chi connectivity index (χ0n) is 17.4. The Kier molecular flexibility index (Phi) is 6.79. The number of nitrogens with one attached hydrogen (secondary N) is 2. The SMILES string of the molecule is Cc1cc2nc(SCC(=O)NC(C)CCc3ccccc3)n(C(C)C)c(=O)c2[nH]1. The largest absolute Gasteiger partial charge is 0.353 e. The Balaban J connectivity index is 1.63. The molecule has 0 aliphatic carbocycles. The third-order valence-corrected chi connectivity index (χ3v) is 5.70. The maximum absolute atomic E-state index is 12.8. The molecule has 0 aliphatic heterocycles. The Morgan fingerprint density at radius 1 is 1.24 bits per heavy atom. The number of benzene rings is 1. The zero-order valence-corrected chi connectivity index (χ0v) is 18.2. The average Bonchev–Trinajstić information content (AvgIpc) is 3.06. The molecular weight excluding hydrogens is 384 g/mol. The summed E-state index contributed by atoms with van der Waals surface area (Å²) in [5, 5.41) is 3.62. The maximum Gasteiger partial charge on any atom is 0.278 e. The van der Waals surface area contributed by atoms with Crippen LogP contribution in [0.1, 0.15) is 44.5 Å². The van der Waals surface area contributed by atoms with E-state index in [-0.39, 0.29) is 29.3 Å². The van der Waals surface area contributed by atoms with Gasteiger partial charge in [-0.3, -0.25) is 14.2 Å². The highest BCUT2D eigenvalue weighted by Crippen LogP contribution is 2.21. The number of carbonyl (C=O) groups excluding carboxylic acids is 1. The van der Waals surface area contributed by atoms with Gasteiger partial charge in [-0.15, -0.1) is 0 Å². The lowest BCUT2D eigenvalue weighted by molar-refractivity contribution is -0.119. The third-order valence-electron chi connectivity index (χ3n) is 4.75. The number of nitrogens with zero attached hydrogens (tertiary/aromatic N) is 2. The van der Waals surface area contributed by atoms with Gasteiger partial charge in [-0.2, -0.15) is 0 Å². The maximum atomic E-state index is 12.8. The number of thioether (sulfide) groups is 1. The van der Waals surface area contributed by atoms with Gasteiger partial charge in [-0.25, -0.2) is 4.98 Å². The Labute approximate surface area is 175 Å². The van der Waals surface area contributed by atoms with Gasteiger partial charge >= 0.3 is 0 Å². The molecule has 1 unspecified atom stereocenters. The number of H-pyrrole nitrogens is 1. The fourth-order valence-electron chi connectivity index (χ4n) is 3.29. The normalized spacial score (nSPS) is 12.4. The molecule has 0 saturated carbocycles. The number of rotatable bonds is 8. The Morgan fingerprint density at radius 2 is 1.97 bits per heavy atom. The molecule has 1 atom stereocenters. The Bertz CT molecular complexity index is 1040. The number of carbonyl (C=O) groups is 1. The van der Waals surface area contributed by atoms with E-state index >= 15 is 0 Å². The van der Waals surface area contributed by atoms with E-state index in [0.29, 0.717) is 16.2 Å². The standard InChI is InChI=1S/C22H28N4O2S/c1-14(2)26-21(28)20-18(12-16(4)24-20)25-22(26)29-13-19(27)23-15(3)10-11-17-8-6-5-7-9-17/h5-9,12,14-15,24H,10-11,13H2,1-4H3,(H,23,27). The van der Waals surface area contributed by atoms with E-state index in [2.05, 4.69) is 27.4 Å². The van der Waals surface area contributed by atoms with Crippen LogP contribution in [-0.2, 0) is 11.2 Å². The third kappa shape index (κ3) is 5.29. The van der Waals surface area contributed by atoms with E-state index in [9.17, 15) is 9.59 Å². The fraction of sp³-hybridized carbons (Fsp3) is 0.409. The molecule has 2 heterocycles. The molecule has 7 heteroatoms. The summed E-state index contributed by atoms with van der Waals surface area (Å²) < 4.78 is 1.65. The molecule has 3 rings (SSSR count). The van der Waals surface area contributed by atoms with Gasteiger partial charge in [0.15, 0.2) is 5.16 Å². The second-order valence-corrected chi connectivity index (χ2v) is 8.60. The van der Waals surface area contributed by atoms with Crippen LogP contribution < -0.4 is 10.9 Å². The molecule has 29 heavy (non-hydrogen) atoms. The molecule has 6 nitrogen and oxygen atoms in total. The van der Waals surface area contributed by atoms with Crippen LogP contribution in [0.2, 0.25) is 0 Å². The van der Waals surface area contributed by atoms with Gasteiger partial charge in [0.25, 0.3) is 5.56 Å². The summed E-state index contributed by atoms with van der Waals surface area (Å²) >= 11 is 1.30. The predicted octanol–water partition coefficient (Wildman–Crippen LogP) is 3.84. The van der Waals surface area contributed by atoms with E-state index in [1.165, 1.54) is 17.3 Å². The van der Waals surface area contributed by atoms with Crippen LogP contribution in [0.15, 0.2) is 46.3 Å². The van der Waals surface area contributed by atoms with Crippen LogP contribution in [0, 0.1) is 6.92 Å². The van der Waals surface area contributed by atoms with Gasteiger partial charge in [-0.05, 0) is 52.2 Å². The minimum atomic E-state index is -0.0998. The molecule has 2 aromatic heterocycles. The molecule has 3 aromatic rings. The van der Waals surface area contributed by atoms with E-state index < -0.39 is 0 Å². The van der Waals surface area contributed by atoms with Gasteiger partial charge in [-0.1, -0.05) is 42.1 Å². The van der Waals surface area contributed by atoms with E-state index in [0.717, 1.165) is 18.5 Å². The molecule has 1 amide bonds. The second-order valence-electron chi connectivity index (χ2n) is 7.66. The lowest BCUT2D eigenvalue weighted by Crippen LogP contribution is -2.34. The van der Waals surface area contributed by atoms with Gasteiger partial charge in [0.05, 0.1) is 11.3 Å². The number of hydrogen-bond acceptors (Lipinski definition) is 4. The van der Waals surface area contributed by atoms with Crippen molar-refractivity contribution in [3.05, 3.63) is 58.0 Å². The first-order valence-corrected chi connectivity index (χ1v) is 10.9. The fourth-order valence-corrected chi connectivity index (χ4v) is 4.23. The average molecular weight is 413 g/mol. The Morgan fingerprint density at radius 3 is 2.66 bits per heavy atom. The number of hydrogen-bond donors (Lipinski definition) is 2. The molecule has 0 bridgehead atoms. The van der Waals surface area contributed by atoms with Crippen LogP contribution >= 0.6 is 11.8 Å². The minimum absolute atomic E-state index is 0.0432. The summed E-state index contributed by atoms with van der Waals surface area (Å²) in [5.41, 5.74) is 3.22. The summed E-state index contributed by atoms with van der Waals surface area (Å²) in [5.74, 6) is 0.175. The van der Waals surface area contributed by atoms with Crippen molar-refractivity contribution < 1.29 is 4.79 Å². The first-order chi connectivity index (χ1) is 13.8. The van der Waals surface area contributed by atoms with E-state index in [4.69, 9.17) is 0 Å². The van der Waals surface area contributed by atoms with Crippen molar-refractivity contribution in [3.63, 3.8) is 0 Å². The summed E-state index contributed by atoms with van der Waals surface area (Å²) in [6.07, 6.45) is 1.80. The number of aromatic nitrogens is 3. The van der Waals surface area contributed by atoms with Crippen molar-refractivity contribution in [1.82, 2.24) is 19.9 Å². The van der Waals surface area contributed by atoms with Crippen molar-refractivity contribution in [1.29, 1.82) is 0 Å². The number of aryl methyl sites for hydroxylation is 2. The van der Waals surface area contributed by atoms with Crippen molar-refractivity contribution in [2.45, 2.75) is 57.8 Å². The first-order valence-electron chi connectivity index (χ1n) is 9.93. The van der Waals surface area contributed by atoms with Crippen molar-refractivity contribution in [3.8, 4) is 0 Å². The van der Waals surface area contributed by atoms with E-state index in [1.807, 2.05) is 52.0 Å². The highest BCUT2D eigenvalue weighted by molar-refractivity contribution is 7.99. The van der Waals surface area contributed by atoms with Gasteiger partial charge < -0.3 is 10.3 Å². The summed E-state index contributed by atoms with van der Waals surface area (Å²) in [7, 11) is 0. The molecule has 2 N–H and O–H groups in total. The summed E-state index contributed by atoms with van der Waals surface area (Å²) in [4.78, 5) is 32.9. The first kappa shape index (κ1) is 21.2. The van der Waals surface area contributed by atoms with Crippen LogP contribution in [0.25, 0.3) is 11.0 Å². The van der Waals surface area contributed by atoms with Gasteiger partial charge in [0.1, 0.15) is 5.52 Å². The summed E-state index contributed by atoms with van der Waals surface area (Å²) in [6, 6.07) is 12.1. The topological polar surface area (TPSA) is 79.8 Å². The van der Waals surface area contributed by atoms with Gasteiger partial charge in [0, 0.05) is 17.8 Å². The lowest BCUT2D eigenvalue weighted by Gasteiger charge is -2.16. The van der Waals surface area contributed by atoms with Crippen molar-refractivity contribution in [2.75, 3.05) is 5.75 Å². The van der Waals surface area contributed by atoms with Crippen LogP contribution in [0.3, 0.4) is 0 Å². The monoisotopic (exact) mass is 412 g/mol. The van der Waals surface area contributed by atoms with Crippen LogP contribution in [0.5, 0.6) is 0 Å². The molecule has 0 aliphatic rings. The number of aromatic amines is 1. The number of amides is 1. The molecule has 0 radical (unpaired) electrons. The second kappa shape index (κ2) is 9.31. The molecule has 1 aromatic carbocycles. The Hall–Kier alpha value is -2.54. The van der Waals surface area contributed by atoms with Crippen molar-refractivity contribution >= 4 is 28.7 Å². The van der Waals surface area contributed by atoms with Gasteiger partial charge in [0.2, 0.25) is 5.91 Å². The quantitative estimate of drug-likeness (QED) is 0.435. The predicted molar refractivity (Wildman–Crippen MR) is 119 cm³/mol. The highest BCUT2D eigenvalue weighted by atomic mass is 32.2. The smallest absolute Gasteiger partial charge is 0.278 e.